The molecule has 0 saturated carbocycles. The maximum atomic E-state index is 12.0. The summed E-state index contributed by atoms with van der Waals surface area (Å²) in [7, 11) is 0. The summed E-state index contributed by atoms with van der Waals surface area (Å²) >= 11 is 5.99. The van der Waals surface area contributed by atoms with Crippen LogP contribution < -0.4 is 0 Å². The van der Waals surface area contributed by atoms with E-state index in [1.54, 1.807) is 24.3 Å². The minimum absolute atomic E-state index is 0.221. The first kappa shape index (κ1) is 15.3. The van der Waals surface area contributed by atoms with E-state index in [1.807, 2.05) is 42.5 Å². The first-order valence-electron chi connectivity index (χ1n) is 7.30. The van der Waals surface area contributed by atoms with E-state index in [-0.39, 0.29) is 6.61 Å². The molecule has 0 aromatic heterocycles. The van der Waals surface area contributed by atoms with Gasteiger partial charge in [-0.15, -0.1) is 0 Å². The summed E-state index contributed by atoms with van der Waals surface area (Å²) in [5.41, 5.74) is 3.61. The van der Waals surface area contributed by atoms with Crippen molar-refractivity contribution in [1.29, 1.82) is 0 Å². The molecule has 0 spiro atoms. The van der Waals surface area contributed by atoms with E-state index in [9.17, 15) is 4.79 Å². The summed E-state index contributed by atoms with van der Waals surface area (Å²) in [6, 6.07) is 25.0. The zero-order valence-corrected chi connectivity index (χ0v) is 13.2. The Kier molecular flexibility index (Phi) is 4.74. The fourth-order valence-electron chi connectivity index (χ4n) is 2.28. The lowest BCUT2D eigenvalue weighted by Crippen LogP contribution is -2.05. The first-order valence-corrected chi connectivity index (χ1v) is 7.68. The number of hydrogen-bond donors (Lipinski definition) is 0. The lowest BCUT2D eigenvalue weighted by Gasteiger charge is -2.07. The molecule has 0 aliphatic carbocycles. The SMILES string of the molecule is O=C(OCc1ccc(-c2ccccc2)cc1)c1ccccc1Cl. The molecule has 3 aromatic rings. The number of ether oxygens (including phenoxy) is 1. The van der Waals surface area contributed by atoms with Gasteiger partial charge in [-0.2, -0.15) is 0 Å². The largest absolute Gasteiger partial charge is 0.457 e. The molecule has 0 N–H and O–H groups in total. The van der Waals surface area contributed by atoms with Crippen molar-refractivity contribution in [2.45, 2.75) is 6.61 Å². The van der Waals surface area contributed by atoms with Crippen molar-refractivity contribution in [2.24, 2.45) is 0 Å². The number of hydrogen-bond acceptors (Lipinski definition) is 2. The molecule has 3 heteroatoms. The normalized spacial score (nSPS) is 10.3. The highest BCUT2D eigenvalue weighted by Crippen LogP contribution is 2.20. The predicted molar refractivity (Wildman–Crippen MR) is 92.4 cm³/mol. The molecular formula is C20H15ClO2. The van der Waals surface area contributed by atoms with Gasteiger partial charge in [-0.1, -0.05) is 78.3 Å². The van der Waals surface area contributed by atoms with Gasteiger partial charge in [0.25, 0.3) is 0 Å². The van der Waals surface area contributed by atoms with Crippen LogP contribution in [0.5, 0.6) is 0 Å². The number of carbonyl (C=O) groups excluding carboxylic acids is 1. The van der Waals surface area contributed by atoms with Crippen LogP contribution in [0.4, 0.5) is 0 Å². The predicted octanol–water partition coefficient (Wildman–Crippen LogP) is 5.36. The van der Waals surface area contributed by atoms with Crippen molar-refractivity contribution >= 4 is 17.6 Å². The van der Waals surface area contributed by atoms with Crippen LogP contribution in [0, 0.1) is 0 Å². The van der Waals surface area contributed by atoms with Gasteiger partial charge in [0.1, 0.15) is 6.61 Å². The zero-order chi connectivity index (χ0) is 16.1. The van der Waals surface area contributed by atoms with Crippen LogP contribution in [-0.4, -0.2) is 5.97 Å². The van der Waals surface area contributed by atoms with Crippen LogP contribution in [0.25, 0.3) is 11.1 Å². The molecule has 0 fully saturated rings. The Balaban J connectivity index is 1.65. The minimum Gasteiger partial charge on any atom is -0.457 e. The highest BCUT2D eigenvalue weighted by Gasteiger charge is 2.11. The van der Waals surface area contributed by atoms with Crippen molar-refractivity contribution in [3.8, 4) is 11.1 Å². The third-order valence-corrected chi connectivity index (χ3v) is 3.85. The lowest BCUT2D eigenvalue weighted by atomic mass is 10.0. The highest BCUT2D eigenvalue weighted by atomic mass is 35.5. The molecule has 114 valence electrons. The van der Waals surface area contributed by atoms with E-state index in [0.29, 0.717) is 10.6 Å². The standard InChI is InChI=1S/C20H15ClO2/c21-19-9-5-4-8-18(19)20(22)23-14-15-10-12-17(13-11-15)16-6-2-1-3-7-16/h1-13H,14H2. The summed E-state index contributed by atoms with van der Waals surface area (Å²) in [5.74, 6) is -0.414. The molecule has 0 radical (unpaired) electrons. The third kappa shape index (κ3) is 3.79. The Labute approximate surface area is 140 Å². The lowest BCUT2D eigenvalue weighted by molar-refractivity contribution is 0.0473. The van der Waals surface area contributed by atoms with Crippen molar-refractivity contribution < 1.29 is 9.53 Å². The van der Waals surface area contributed by atoms with Gasteiger partial charge in [-0.05, 0) is 28.8 Å². The van der Waals surface area contributed by atoms with Gasteiger partial charge in [0.15, 0.2) is 0 Å². The molecule has 23 heavy (non-hydrogen) atoms. The summed E-state index contributed by atoms with van der Waals surface area (Å²) in [6.07, 6.45) is 0. The Hall–Kier alpha value is -2.58. The van der Waals surface area contributed by atoms with Crippen molar-refractivity contribution in [1.82, 2.24) is 0 Å². The quantitative estimate of drug-likeness (QED) is 0.604. The number of carbonyl (C=O) groups is 1. The van der Waals surface area contributed by atoms with E-state index in [0.717, 1.165) is 16.7 Å². The Morgan fingerprint density at radius 2 is 1.39 bits per heavy atom. The third-order valence-electron chi connectivity index (χ3n) is 3.52. The highest BCUT2D eigenvalue weighted by molar-refractivity contribution is 6.33. The molecule has 3 rings (SSSR count). The number of rotatable bonds is 4. The molecule has 0 amide bonds. The Bertz CT molecular complexity index is 795. The second-order valence-corrected chi connectivity index (χ2v) is 5.53. The monoisotopic (exact) mass is 322 g/mol. The fraction of sp³-hybridized carbons (Fsp3) is 0.0500. The minimum atomic E-state index is -0.414. The van der Waals surface area contributed by atoms with Crippen LogP contribution in [-0.2, 0) is 11.3 Å². The zero-order valence-electron chi connectivity index (χ0n) is 12.4. The maximum Gasteiger partial charge on any atom is 0.339 e. The van der Waals surface area contributed by atoms with Gasteiger partial charge >= 0.3 is 5.97 Å². The molecule has 0 bridgehead atoms. The summed E-state index contributed by atoms with van der Waals surface area (Å²) in [6.45, 7) is 0.221. The molecular weight excluding hydrogens is 308 g/mol. The van der Waals surface area contributed by atoms with Gasteiger partial charge in [-0.3, -0.25) is 0 Å². The Morgan fingerprint density at radius 3 is 2.09 bits per heavy atom. The second kappa shape index (κ2) is 7.12. The average Bonchev–Trinajstić information content (AvgIpc) is 2.61. The molecule has 0 unspecified atom stereocenters. The first-order chi connectivity index (χ1) is 11.2. The molecule has 0 heterocycles. The number of esters is 1. The van der Waals surface area contributed by atoms with Crippen LogP contribution in [0.15, 0.2) is 78.9 Å². The smallest absolute Gasteiger partial charge is 0.339 e. The van der Waals surface area contributed by atoms with E-state index in [1.165, 1.54) is 0 Å². The van der Waals surface area contributed by atoms with E-state index in [2.05, 4.69) is 12.1 Å². The second-order valence-electron chi connectivity index (χ2n) is 5.12. The maximum absolute atomic E-state index is 12.0. The molecule has 2 nitrogen and oxygen atoms in total. The summed E-state index contributed by atoms with van der Waals surface area (Å²) in [4.78, 5) is 12.0. The van der Waals surface area contributed by atoms with Crippen molar-refractivity contribution in [2.75, 3.05) is 0 Å². The van der Waals surface area contributed by atoms with Crippen molar-refractivity contribution in [3.05, 3.63) is 95.0 Å². The molecule has 0 aliphatic rings. The molecule has 3 aromatic carbocycles. The molecule has 0 aliphatic heterocycles. The van der Waals surface area contributed by atoms with Gasteiger partial charge in [0.2, 0.25) is 0 Å². The van der Waals surface area contributed by atoms with Crippen molar-refractivity contribution in [3.63, 3.8) is 0 Å². The topological polar surface area (TPSA) is 26.3 Å². The average molecular weight is 323 g/mol. The number of benzene rings is 3. The Morgan fingerprint density at radius 1 is 0.783 bits per heavy atom. The summed E-state index contributed by atoms with van der Waals surface area (Å²) < 4.78 is 5.32. The van der Waals surface area contributed by atoms with Crippen LogP contribution in [0.2, 0.25) is 5.02 Å². The van der Waals surface area contributed by atoms with Gasteiger partial charge in [0.05, 0.1) is 10.6 Å². The van der Waals surface area contributed by atoms with Crippen LogP contribution in [0.1, 0.15) is 15.9 Å². The van der Waals surface area contributed by atoms with E-state index < -0.39 is 5.97 Å². The van der Waals surface area contributed by atoms with Gasteiger partial charge < -0.3 is 4.74 Å². The van der Waals surface area contributed by atoms with E-state index >= 15 is 0 Å². The molecule has 0 atom stereocenters. The van der Waals surface area contributed by atoms with E-state index in [4.69, 9.17) is 16.3 Å². The van der Waals surface area contributed by atoms with Gasteiger partial charge in [-0.25, -0.2) is 4.79 Å². The summed E-state index contributed by atoms with van der Waals surface area (Å²) in [5, 5.41) is 0.400. The molecule has 0 saturated heterocycles. The van der Waals surface area contributed by atoms with Crippen LogP contribution in [0.3, 0.4) is 0 Å². The number of halogens is 1. The van der Waals surface area contributed by atoms with Crippen LogP contribution >= 0.6 is 11.6 Å². The van der Waals surface area contributed by atoms with Gasteiger partial charge in [0, 0.05) is 0 Å². The fourth-order valence-corrected chi connectivity index (χ4v) is 2.49.